The normalized spacial score (nSPS) is 10.6. The van der Waals surface area contributed by atoms with Crippen molar-refractivity contribution in [1.82, 2.24) is 9.38 Å². The summed E-state index contributed by atoms with van der Waals surface area (Å²) < 4.78 is 12.4. The number of methoxy groups -OCH3 is 1. The minimum absolute atomic E-state index is 0.306. The number of hydrogen-bond donors (Lipinski definition) is 1. The smallest absolute Gasteiger partial charge is 0.337 e. The highest BCUT2D eigenvalue weighted by atomic mass is 16.5. The number of hydrogen-bond acceptors (Lipinski definition) is 5. The van der Waals surface area contributed by atoms with Crippen molar-refractivity contribution >= 4 is 23.2 Å². The molecular weight excluding hydrogens is 382 g/mol. The van der Waals surface area contributed by atoms with E-state index in [9.17, 15) is 9.59 Å². The van der Waals surface area contributed by atoms with E-state index in [1.54, 1.807) is 36.4 Å². The van der Waals surface area contributed by atoms with Crippen LogP contribution in [0.4, 0.5) is 5.69 Å². The van der Waals surface area contributed by atoms with Crippen LogP contribution in [-0.2, 0) is 11.3 Å². The van der Waals surface area contributed by atoms with E-state index in [4.69, 9.17) is 9.47 Å². The van der Waals surface area contributed by atoms with Gasteiger partial charge >= 0.3 is 5.97 Å². The molecule has 0 saturated heterocycles. The van der Waals surface area contributed by atoms with Gasteiger partial charge in [0, 0.05) is 29.7 Å². The average molecular weight is 401 g/mol. The maximum Gasteiger partial charge on any atom is 0.337 e. The van der Waals surface area contributed by atoms with E-state index in [-0.39, 0.29) is 5.91 Å². The summed E-state index contributed by atoms with van der Waals surface area (Å²) in [5.74, 6) is -0.224. The maximum atomic E-state index is 12.6. The van der Waals surface area contributed by atoms with Crippen molar-refractivity contribution in [3.05, 3.63) is 95.9 Å². The zero-order chi connectivity index (χ0) is 20.9. The molecule has 0 spiro atoms. The Labute approximate surface area is 172 Å². The Morgan fingerprint density at radius 1 is 1.00 bits per heavy atom. The molecule has 0 aliphatic rings. The van der Waals surface area contributed by atoms with Crippen molar-refractivity contribution in [2.24, 2.45) is 0 Å². The number of nitrogens with one attached hydrogen (secondary N) is 1. The van der Waals surface area contributed by atoms with Crippen LogP contribution in [0.5, 0.6) is 5.75 Å². The fraction of sp³-hybridized carbons (Fsp3) is 0.0870. The van der Waals surface area contributed by atoms with Gasteiger partial charge in [-0.3, -0.25) is 4.79 Å². The fourth-order valence-corrected chi connectivity index (χ4v) is 2.99. The van der Waals surface area contributed by atoms with Crippen LogP contribution in [-0.4, -0.2) is 28.4 Å². The zero-order valence-electron chi connectivity index (χ0n) is 16.2. The number of carbonyl (C=O) groups is 2. The van der Waals surface area contributed by atoms with Crippen LogP contribution in [0.3, 0.4) is 0 Å². The van der Waals surface area contributed by atoms with Crippen LogP contribution in [0, 0.1) is 0 Å². The third-order valence-electron chi connectivity index (χ3n) is 4.44. The summed E-state index contributed by atoms with van der Waals surface area (Å²) in [5.41, 5.74) is 2.90. The number of nitrogens with zero attached hydrogens (tertiary/aromatic N) is 2. The van der Waals surface area contributed by atoms with Gasteiger partial charge < -0.3 is 19.2 Å². The molecule has 7 heteroatoms. The van der Waals surface area contributed by atoms with Crippen LogP contribution in [0.2, 0.25) is 0 Å². The van der Waals surface area contributed by atoms with Crippen LogP contribution < -0.4 is 10.1 Å². The van der Waals surface area contributed by atoms with Gasteiger partial charge in [0.15, 0.2) is 0 Å². The minimum atomic E-state index is -0.494. The first-order valence-electron chi connectivity index (χ1n) is 9.27. The SMILES string of the molecule is COC(=O)c1cccc(C(=O)Nc2cccc(OCc3cn4ccccc4n3)c2)c1. The Kier molecular flexibility index (Phi) is 5.43. The Bertz CT molecular complexity index is 1180. The first-order valence-corrected chi connectivity index (χ1v) is 9.27. The number of pyridine rings is 1. The number of esters is 1. The maximum absolute atomic E-state index is 12.6. The quantitative estimate of drug-likeness (QED) is 0.495. The number of rotatable bonds is 6. The number of ether oxygens (including phenoxy) is 2. The highest BCUT2D eigenvalue weighted by molar-refractivity contribution is 6.05. The Morgan fingerprint density at radius 3 is 2.67 bits per heavy atom. The highest BCUT2D eigenvalue weighted by Crippen LogP contribution is 2.20. The van der Waals surface area contributed by atoms with E-state index in [1.807, 2.05) is 41.1 Å². The lowest BCUT2D eigenvalue weighted by Gasteiger charge is -2.09. The van der Waals surface area contributed by atoms with Crippen molar-refractivity contribution < 1.29 is 19.1 Å². The molecule has 4 aromatic rings. The minimum Gasteiger partial charge on any atom is -0.487 e. The molecule has 4 rings (SSSR count). The molecule has 0 atom stereocenters. The average Bonchev–Trinajstić information content (AvgIpc) is 3.20. The molecule has 0 fully saturated rings. The predicted octanol–water partition coefficient (Wildman–Crippen LogP) is 3.95. The van der Waals surface area contributed by atoms with Crippen LogP contribution in [0.1, 0.15) is 26.4 Å². The predicted molar refractivity (Wildman–Crippen MR) is 112 cm³/mol. The van der Waals surface area contributed by atoms with E-state index in [2.05, 4.69) is 10.3 Å². The van der Waals surface area contributed by atoms with Crippen LogP contribution in [0.25, 0.3) is 5.65 Å². The molecular formula is C23H19N3O4. The summed E-state index contributed by atoms with van der Waals surface area (Å²) in [4.78, 5) is 28.7. The monoisotopic (exact) mass is 401 g/mol. The van der Waals surface area contributed by atoms with Gasteiger partial charge in [-0.2, -0.15) is 0 Å². The molecule has 2 heterocycles. The summed E-state index contributed by atoms with van der Waals surface area (Å²) >= 11 is 0. The second-order valence-electron chi connectivity index (χ2n) is 6.54. The van der Waals surface area contributed by atoms with Gasteiger partial charge in [-0.15, -0.1) is 0 Å². The van der Waals surface area contributed by atoms with Gasteiger partial charge in [-0.25, -0.2) is 9.78 Å². The second-order valence-corrected chi connectivity index (χ2v) is 6.54. The summed E-state index contributed by atoms with van der Waals surface area (Å²) in [6.45, 7) is 0.306. The molecule has 2 aromatic carbocycles. The van der Waals surface area contributed by atoms with E-state index in [1.165, 1.54) is 13.2 Å². The van der Waals surface area contributed by atoms with Crippen molar-refractivity contribution in [3.63, 3.8) is 0 Å². The Balaban J connectivity index is 1.43. The summed E-state index contributed by atoms with van der Waals surface area (Å²) in [6.07, 6.45) is 3.84. The lowest BCUT2D eigenvalue weighted by atomic mass is 10.1. The van der Waals surface area contributed by atoms with Crippen LogP contribution >= 0.6 is 0 Å². The third-order valence-corrected chi connectivity index (χ3v) is 4.44. The zero-order valence-corrected chi connectivity index (χ0v) is 16.2. The standard InChI is InChI=1S/C23H19N3O4/c1-29-23(28)17-7-4-6-16(12-17)22(27)25-18-8-5-9-20(13-18)30-15-19-14-26-11-3-2-10-21(26)24-19/h2-14H,15H2,1H3,(H,25,27). The molecule has 30 heavy (non-hydrogen) atoms. The van der Waals surface area contributed by atoms with E-state index >= 15 is 0 Å². The lowest BCUT2D eigenvalue weighted by molar-refractivity contribution is 0.0600. The molecule has 0 radical (unpaired) electrons. The van der Waals surface area contributed by atoms with E-state index < -0.39 is 5.97 Å². The van der Waals surface area contributed by atoms with Gasteiger partial charge in [0.25, 0.3) is 5.91 Å². The molecule has 150 valence electrons. The number of imidazole rings is 1. The molecule has 1 amide bonds. The number of amides is 1. The summed E-state index contributed by atoms with van der Waals surface area (Å²) in [5, 5.41) is 2.81. The Hall–Kier alpha value is -4.13. The number of fused-ring (bicyclic) bond motifs is 1. The molecule has 7 nitrogen and oxygen atoms in total. The third kappa shape index (κ3) is 4.30. The summed E-state index contributed by atoms with van der Waals surface area (Å²) in [7, 11) is 1.30. The number of anilines is 1. The molecule has 0 aliphatic carbocycles. The number of benzene rings is 2. The van der Waals surface area contributed by atoms with Crippen molar-refractivity contribution in [3.8, 4) is 5.75 Å². The number of carbonyl (C=O) groups excluding carboxylic acids is 2. The second kappa shape index (κ2) is 8.48. The van der Waals surface area contributed by atoms with Gasteiger partial charge in [0.05, 0.1) is 18.4 Å². The molecule has 0 saturated carbocycles. The van der Waals surface area contributed by atoms with E-state index in [0.717, 1.165) is 11.3 Å². The lowest BCUT2D eigenvalue weighted by Crippen LogP contribution is -2.13. The van der Waals surface area contributed by atoms with Crippen molar-refractivity contribution in [1.29, 1.82) is 0 Å². The molecule has 0 aliphatic heterocycles. The molecule has 1 N–H and O–H groups in total. The summed E-state index contributed by atoms with van der Waals surface area (Å²) in [6, 6.07) is 19.2. The van der Waals surface area contributed by atoms with Gasteiger partial charge in [0.1, 0.15) is 18.0 Å². The molecule has 2 aromatic heterocycles. The van der Waals surface area contributed by atoms with Crippen molar-refractivity contribution in [2.75, 3.05) is 12.4 Å². The van der Waals surface area contributed by atoms with Gasteiger partial charge in [0.2, 0.25) is 0 Å². The van der Waals surface area contributed by atoms with Gasteiger partial charge in [-0.05, 0) is 42.5 Å². The first-order chi connectivity index (χ1) is 14.6. The molecule has 0 bridgehead atoms. The number of aromatic nitrogens is 2. The topological polar surface area (TPSA) is 81.9 Å². The van der Waals surface area contributed by atoms with Crippen LogP contribution in [0.15, 0.2) is 79.1 Å². The fourth-order valence-electron chi connectivity index (χ4n) is 2.99. The van der Waals surface area contributed by atoms with Crippen molar-refractivity contribution in [2.45, 2.75) is 6.61 Å². The largest absolute Gasteiger partial charge is 0.487 e. The Morgan fingerprint density at radius 2 is 1.83 bits per heavy atom. The highest BCUT2D eigenvalue weighted by Gasteiger charge is 2.11. The first kappa shape index (κ1) is 19.2. The molecule has 0 unspecified atom stereocenters. The van der Waals surface area contributed by atoms with Gasteiger partial charge in [-0.1, -0.05) is 18.2 Å². The van der Waals surface area contributed by atoms with E-state index in [0.29, 0.717) is 29.2 Å².